The van der Waals surface area contributed by atoms with E-state index < -0.39 is 0 Å². The second-order valence-electron chi connectivity index (χ2n) is 2.93. The fraction of sp³-hybridized carbons (Fsp3) is 0.750. The van der Waals surface area contributed by atoms with Crippen molar-refractivity contribution in [3.8, 4) is 0 Å². The van der Waals surface area contributed by atoms with Gasteiger partial charge in [0.25, 0.3) is 0 Å². The SMILES string of the molecule is O=[C]CNC(=O)CNC1CCC1. The van der Waals surface area contributed by atoms with Gasteiger partial charge in [-0.15, -0.1) is 0 Å². The summed E-state index contributed by atoms with van der Waals surface area (Å²) in [6.07, 6.45) is 5.18. The molecule has 1 rings (SSSR count). The molecule has 4 nitrogen and oxygen atoms in total. The maximum atomic E-state index is 10.9. The second kappa shape index (κ2) is 4.87. The van der Waals surface area contributed by atoms with Crippen molar-refractivity contribution < 1.29 is 9.59 Å². The summed E-state index contributed by atoms with van der Waals surface area (Å²) in [5, 5.41) is 5.50. The molecule has 0 bridgehead atoms. The van der Waals surface area contributed by atoms with Gasteiger partial charge in [0.2, 0.25) is 12.2 Å². The minimum absolute atomic E-state index is 0.00875. The number of hydrogen-bond acceptors (Lipinski definition) is 3. The molecule has 1 radical (unpaired) electrons. The second-order valence-corrected chi connectivity index (χ2v) is 2.93. The van der Waals surface area contributed by atoms with E-state index >= 15 is 0 Å². The first kappa shape index (κ1) is 9.19. The predicted molar refractivity (Wildman–Crippen MR) is 44.3 cm³/mol. The van der Waals surface area contributed by atoms with Crippen molar-refractivity contribution in [3.05, 3.63) is 0 Å². The van der Waals surface area contributed by atoms with Gasteiger partial charge >= 0.3 is 0 Å². The lowest BCUT2D eigenvalue weighted by Gasteiger charge is -2.26. The number of nitrogens with one attached hydrogen (secondary N) is 2. The van der Waals surface area contributed by atoms with E-state index in [9.17, 15) is 9.59 Å². The van der Waals surface area contributed by atoms with Gasteiger partial charge in [0.15, 0.2) is 0 Å². The first-order chi connectivity index (χ1) is 5.83. The molecule has 0 heterocycles. The molecule has 2 N–H and O–H groups in total. The number of carbonyl (C=O) groups excluding carboxylic acids is 2. The van der Waals surface area contributed by atoms with E-state index in [1.807, 2.05) is 0 Å². The van der Waals surface area contributed by atoms with Crippen LogP contribution in [0.3, 0.4) is 0 Å². The molecular weight excluding hydrogens is 156 g/mol. The van der Waals surface area contributed by atoms with Gasteiger partial charge in [-0.25, -0.2) is 0 Å². The maximum absolute atomic E-state index is 10.9. The molecule has 0 atom stereocenters. The molecule has 67 valence electrons. The molecule has 1 fully saturated rings. The van der Waals surface area contributed by atoms with Crippen LogP contribution < -0.4 is 10.6 Å². The third kappa shape index (κ3) is 3.00. The molecule has 0 spiro atoms. The lowest BCUT2D eigenvalue weighted by molar-refractivity contribution is -0.120. The van der Waals surface area contributed by atoms with Crippen LogP contribution in [-0.4, -0.2) is 31.3 Å². The van der Waals surface area contributed by atoms with Crippen LogP contribution in [0, 0.1) is 0 Å². The molecule has 1 amide bonds. The topological polar surface area (TPSA) is 58.2 Å². The Bertz CT molecular complexity index is 166. The minimum Gasteiger partial charge on any atom is -0.347 e. The van der Waals surface area contributed by atoms with E-state index in [0.29, 0.717) is 12.6 Å². The van der Waals surface area contributed by atoms with Crippen molar-refractivity contribution in [2.45, 2.75) is 25.3 Å². The van der Waals surface area contributed by atoms with Crippen molar-refractivity contribution in [1.29, 1.82) is 0 Å². The van der Waals surface area contributed by atoms with E-state index in [4.69, 9.17) is 0 Å². The minimum atomic E-state index is -0.134. The van der Waals surface area contributed by atoms with Crippen molar-refractivity contribution in [2.24, 2.45) is 0 Å². The first-order valence-electron chi connectivity index (χ1n) is 4.18. The summed E-state index contributed by atoms with van der Waals surface area (Å²) in [6, 6.07) is 0.510. The highest BCUT2D eigenvalue weighted by Gasteiger charge is 2.16. The number of hydrogen-bond donors (Lipinski definition) is 2. The normalized spacial score (nSPS) is 16.7. The van der Waals surface area contributed by atoms with Crippen LogP contribution in [0.1, 0.15) is 19.3 Å². The van der Waals surface area contributed by atoms with Gasteiger partial charge in [-0.1, -0.05) is 6.42 Å². The molecule has 0 aliphatic heterocycles. The third-order valence-corrected chi connectivity index (χ3v) is 2.01. The molecule has 0 aromatic carbocycles. The Balaban J connectivity index is 1.97. The number of carbonyl (C=O) groups is 1. The molecule has 1 aliphatic rings. The lowest BCUT2D eigenvalue weighted by atomic mass is 9.93. The van der Waals surface area contributed by atoms with Crippen LogP contribution in [0.15, 0.2) is 0 Å². The Labute approximate surface area is 71.7 Å². The van der Waals surface area contributed by atoms with Gasteiger partial charge in [-0.2, -0.15) is 0 Å². The molecule has 12 heavy (non-hydrogen) atoms. The number of amides is 1. The molecule has 1 aliphatic carbocycles. The molecular formula is C8H13N2O2. The smallest absolute Gasteiger partial charge is 0.234 e. The molecule has 0 unspecified atom stereocenters. The summed E-state index contributed by atoms with van der Waals surface area (Å²) in [4.78, 5) is 20.6. The zero-order valence-electron chi connectivity index (χ0n) is 6.93. The number of rotatable bonds is 5. The van der Waals surface area contributed by atoms with E-state index in [-0.39, 0.29) is 12.5 Å². The monoisotopic (exact) mass is 169 g/mol. The summed E-state index contributed by atoms with van der Waals surface area (Å²) in [5.74, 6) is -0.134. The lowest BCUT2D eigenvalue weighted by Crippen LogP contribution is -2.42. The molecule has 0 aromatic heterocycles. The van der Waals surface area contributed by atoms with Gasteiger partial charge in [-0.05, 0) is 12.8 Å². The van der Waals surface area contributed by atoms with E-state index in [1.54, 1.807) is 6.29 Å². The van der Waals surface area contributed by atoms with Gasteiger partial charge in [-0.3, -0.25) is 9.59 Å². The average Bonchev–Trinajstić information content (AvgIpc) is 1.98. The molecule has 4 heteroatoms. The van der Waals surface area contributed by atoms with Crippen LogP contribution in [0.4, 0.5) is 0 Å². The zero-order chi connectivity index (χ0) is 8.81. The summed E-state index contributed by atoms with van der Waals surface area (Å²) in [6.45, 7) is 0.303. The van der Waals surface area contributed by atoms with Crippen molar-refractivity contribution >= 4 is 12.2 Å². The van der Waals surface area contributed by atoms with Crippen LogP contribution in [0.25, 0.3) is 0 Å². The standard InChI is InChI=1S/C8H13N2O2/c11-5-4-9-8(12)6-10-7-2-1-3-7/h7,10H,1-4,6H2,(H,9,12). The Kier molecular flexibility index (Phi) is 3.73. The largest absolute Gasteiger partial charge is 0.347 e. The van der Waals surface area contributed by atoms with Gasteiger partial charge in [0, 0.05) is 6.04 Å². The fourth-order valence-corrected chi connectivity index (χ4v) is 1.05. The fourth-order valence-electron chi connectivity index (χ4n) is 1.05. The van der Waals surface area contributed by atoms with E-state index in [2.05, 4.69) is 10.6 Å². The molecule has 0 aromatic rings. The van der Waals surface area contributed by atoms with Crippen molar-refractivity contribution in [1.82, 2.24) is 10.6 Å². The Morgan fingerprint density at radius 1 is 1.50 bits per heavy atom. The Morgan fingerprint density at radius 3 is 2.75 bits per heavy atom. The van der Waals surface area contributed by atoms with E-state index in [1.165, 1.54) is 6.42 Å². The summed E-state index contributed by atoms with van der Waals surface area (Å²) >= 11 is 0. The van der Waals surface area contributed by atoms with E-state index in [0.717, 1.165) is 12.8 Å². The van der Waals surface area contributed by atoms with Crippen LogP contribution >= 0.6 is 0 Å². The summed E-state index contributed by atoms with van der Waals surface area (Å²) < 4.78 is 0. The first-order valence-corrected chi connectivity index (χ1v) is 4.18. The highest BCUT2D eigenvalue weighted by molar-refractivity contribution is 5.80. The summed E-state index contributed by atoms with van der Waals surface area (Å²) in [5.41, 5.74) is 0. The average molecular weight is 169 g/mol. The predicted octanol–water partition coefficient (Wildman–Crippen LogP) is -0.646. The quantitative estimate of drug-likeness (QED) is 0.575. The van der Waals surface area contributed by atoms with Crippen molar-refractivity contribution in [2.75, 3.05) is 13.1 Å². The van der Waals surface area contributed by atoms with Crippen molar-refractivity contribution in [3.63, 3.8) is 0 Å². The maximum Gasteiger partial charge on any atom is 0.234 e. The highest BCUT2D eigenvalue weighted by atomic mass is 16.2. The Morgan fingerprint density at radius 2 is 2.25 bits per heavy atom. The van der Waals surface area contributed by atoms with Crippen LogP contribution in [0.5, 0.6) is 0 Å². The Hall–Kier alpha value is -0.900. The summed E-state index contributed by atoms with van der Waals surface area (Å²) in [7, 11) is 0. The van der Waals surface area contributed by atoms with Crippen LogP contribution in [0.2, 0.25) is 0 Å². The van der Waals surface area contributed by atoms with Gasteiger partial charge < -0.3 is 10.6 Å². The zero-order valence-corrected chi connectivity index (χ0v) is 6.93. The third-order valence-electron chi connectivity index (χ3n) is 2.01. The van der Waals surface area contributed by atoms with Crippen LogP contribution in [-0.2, 0) is 9.59 Å². The molecule has 0 saturated heterocycles. The van der Waals surface area contributed by atoms with Gasteiger partial charge in [0.05, 0.1) is 13.1 Å². The molecule has 1 saturated carbocycles. The van der Waals surface area contributed by atoms with Gasteiger partial charge in [0.1, 0.15) is 0 Å². The highest BCUT2D eigenvalue weighted by Crippen LogP contribution is 2.17.